The molecule has 1 aromatic rings. The number of aryl methyl sites for hydroxylation is 2. The van der Waals surface area contributed by atoms with Crippen molar-refractivity contribution in [2.24, 2.45) is 5.92 Å². The molecule has 1 aliphatic carbocycles. The zero-order valence-corrected chi connectivity index (χ0v) is 13.1. The molecule has 0 radical (unpaired) electrons. The molecule has 1 N–H and O–H groups in total. The van der Waals surface area contributed by atoms with Gasteiger partial charge >= 0.3 is 0 Å². The van der Waals surface area contributed by atoms with Crippen LogP contribution in [-0.2, 0) is 0 Å². The Kier molecular flexibility index (Phi) is 4.24. The maximum absolute atomic E-state index is 12.9. The number of piperidine rings is 1. The average molecular weight is 287 g/mol. The number of pyridine rings is 1. The van der Waals surface area contributed by atoms with Gasteiger partial charge in [0.25, 0.3) is 5.91 Å². The molecular weight excluding hydrogens is 262 g/mol. The summed E-state index contributed by atoms with van der Waals surface area (Å²) in [6.07, 6.45) is 4.69. The van der Waals surface area contributed by atoms with Crippen LogP contribution >= 0.6 is 0 Å². The topological polar surface area (TPSA) is 45.2 Å². The van der Waals surface area contributed by atoms with Crippen LogP contribution in [0.2, 0.25) is 0 Å². The summed E-state index contributed by atoms with van der Waals surface area (Å²) in [6, 6.07) is 4.35. The first-order chi connectivity index (χ1) is 10.1. The van der Waals surface area contributed by atoms with E-state index in [1.54, 1.807) is 0 Å². The fourth-order valence-electron chi connectivity index (χ4n) is 3.19. The van der Waals surface area contributed by atoms with Gasteiger partial charge in [0, 0.05) is 18.3 Å². The number of carbonyl (C=O) groups excluding carboxylic acids is 1. The molecule has 4 nitrogen and oxygen atoms in total. The Hall–Kier alpha value is -1.42. The van der Waals surface area contributed by atoms with E-state index in [1.807, 2.05) is 26.0 Å². The Bertz CT molecular complexity index is 519. The van der Waals surface area contributed by atoms with Crippen molar-refractivity contribution in [1.29, 1.82) is 0 Å². The third-order valence-corrected chi connectivity index (χ3v) is 4.62. The van der Waals surface area contributed by atoms with Crippen LogP contribution in [0.1, 0.15) is 47.4 Å². The number of carbonyl (C=O) groups is 1. The Morgan fingerprint density at radius 3 is 2.57 bits per heavy atom. The molecule has 2 heterocycles. The van der Waals surface area contributed by atoms with Gasteiger partial charge < -0.3 is 10.2 Å². The van der Waals surface area contributed by atoms with Gasteiger partial charge in [-0.1, -0.05) is 0 Å². The first kappa shape index (κ1) is 14.5. The third-order valence-electron chi connectivity index (χ3n) is 4.62. The van der Waals surface area contributed by atoms with Crippen LogP contribution < -0.4 is 5.32 Å². The first-order valence-corrected chi connectivity index (χ1v) is 8.11. The minimum absolute atomic E-state index is 0.182. The normalized spacial score (nSPS) is 19.5. The lowest BCUT2D eigenvalue weighted by molar-refractivity contribution is 0.0700. The summed E-state index contributed by atoms with van der Waals surface area (Å²) >= 11 is 0. The Labute approximate surface area is 126 Å². The first-order valence-electron chi connectivity index (χ1n) is 8.11. The van der Waals surface area contributed by atoms with E-state index in [-0.39, 0.29) is 5.91 Å². The summed E-state index contributed by atoms with van der Waals surface area (Å²) in [5.41, 5.74) is 2.61. The van der Waals surface area contributed by atoms with Crippen LogP contribution in [0.4, 0.5) is 0 Å². The number of hydrogen-bond acceptors (Lipinski definition) is 3. The van der Waals surface area contributed by atoms with Crippen molar-refractivity contribution in [2.45, 2.75) is 45.6 Å². The minimum atomic E-state index is 0.182. The molecule has 114 valence electrons. The van der Waals surface area contributed by atoms with Gasteiger partial charge in [0.15, 0.2) is 0 Å². The predicted molar refractivity (Wildman–Crippen MR) is 83.4 cm³/mol. The molecule has 1 amide bonds. The highest BCUT2D eigenvalue weighted by Crippen LogP contribution is 2.30. The third kappa shape index (κ3) is 3.43. The van der Waals surface area contributed by atoms with Crippen molar-refractivity contribution in [3.63, 3.8) is 0 Å². The van der Waals surface area contributed by atoms with Crippen molar-refractivity contribution in [3.05, 3.63) is 29.1 Å². The lowest BCUT2D eigenvalue weighted by Gasteiger charge is -2.30. The van der Waals surface area contributed by atoms with E-state index in [9.17, 15) is 4.79 Å². The lowest BCUT2D eigenvalue weighted by atomic mass is 9.97. The number of amides is 1. The average Bonchev–Trinajstić information content (AvgIpc) is 3.30. The van der Waals surface area contributed by atoms with Crippen molar-refractivity contribution in [2.75, 3.05) is 19.6 Å². The summed E-state index contributed by atoms with van der Waals surface area (Å²) in [7, 11) is 0. The highest BCUT2D eigenvalue weighted by Gasteiger charge is 2.35. The van der Waals surface area contributed by atoms with Crippen LogP contribution in [-0.4, -0.2) is 41.5 Å². The second-order valence-electron chi connectivity index (χ2n) is 6.47. The number of nitrogens with zero attached hydrogens (tertiary/aromatic N) is 2. The zero-order valence-electron chi connectivity index (χ0n) is 13.1. The molecule has 1 aromatic heterocycles. The van der Waals surface area contributed by atoms with Crippen LogP contribution in [0, 0.1) is 19.8 Å². The summed E-state index contributed by atoms with van der Waals surface area (Å²) in [5.74, 6) is 0.829. The van der Waals surface area contributed by atoms with Crippen molar-refractivity contribution in [1.82, 2.24) is 15.2 Å². The zero-order chi connectivity index (χ0) is 14.8. The Balaban J connectivity index is 1.75. The molecule has 0 atom stereocenters. The molecular formula is C17H25N3O. The molecule has 0 aromatic carbocycles. The van der Waals surface area contributed by atoms with Gasteiger partial charge in [-0.05, 0) is 70.7 Å². The smallest absolute Gasteiger partial charge is 0.255 e. The largest absolute Gasteiger partial charge is 0.335 e. The van der Waals surface area contributed by atoms with E-state index in [4.69, 9.17) is 0 Å². The highest BCUT2D eigenvalue weighted by atomic mass is 16.2. The molecule has 1 aliphatic heterocycles. The Morgan fingerprint density at radius 2 is 1.95 bits per heavy atom. The van der Waals surface area contributed by atoms with E-state index in [0.717, 1.165) is 49.4 Å². The van der Waals surface area contributed by atoms with E-state index in [2.05, 4.69) is 15.2 Å². The maximum Gasteiger partial charge on any atom is 0.255 e. The molecule has 0 unspecified atom stereocenters. The highest BCUT2D eigenvalue weighted by molar-refractivity contribution is 5.95. The van der Waals surface area contributed by atoms with Crippen LogP contribution in [0.25, 0.3) is 0 Å². The fourth-order valence-corrected chi connectivity index (χ4v) is 3.19. The van der Waals surface area contributed by atoms with Crippen molar-refractivity contribution < 1.29 is 4.79 Å². The summed E-state index contributed by atoms with van der Waals surface area (Å²) in [4.78, 5) is 19.5. The van der Waals surface area contributed by atoms with Crippen LogP contribution in [0.15, 0.2) is 12.1 Å². The molecule has 4 heteroatoms. The fraction of sp³-hybridized carbons (Fsp3) is 0.647. The van der Waals surface area contributed by atoms with Gasteiger partial charge in [-0.25, -0.2) is 0 Å². The van der Waals surface area contributed by atoms with Crippen LogP contribution in [0.5, 0.6) is 0 Å². The SMILES string of the molecule is Cc1ccc(C(=O)N(CC2CCNCC2)C2CC2)c(C)n1. The van der Waals surface area contributed by atoms with E-state index in [1.165, 1.54) is 12.8 Å². The monoisotopic (exact) mass is 287 g/mol. The second-order valence-corrected chi connectivity index (χ2v) is 6.47. The van der Waals surface area contributed by atoms with E-state index in [0.29, 0.717) is 12.0 Å². The quantitative estimate of drug-likeness (QED) is 0.924. The predicted octanol–water partition coefficient (Wildman–Crippen LogP) is 2.30. The second kappa shape index (κ2) is 6.14. The van der Waals surface area contributed by atoms with Crippen LogP contribution in [0.3, 0.4) is 0 Å². The number of hydrogen-bond donors (Lipinski definition) is 1. The molecule has 3 rings (SSSR count). The summed E-state index contributed by atoms with van der Waals surface area (Å²) < 4.78 is 0. The molecule has 2 aliphatic rings. The van der Waals surface area contributed by atoms with Gasteiger partial charge in [-0.15, -0.1) is 0 Å². The lowest BCUT2D eigenvalue weighted by Crippen LogP contribution is -2.40. The Morgan fingerprint density at radius 1 is 1.24 bits per heavy atom. The van der Waals surface area contributed by atoms with Crippen molar-refractivity contribution in [3.8, 4) is 0 Å². The molecule has 1 saturated heterocycles. The van der Waals surface area contributed by atoms with Crippen molar-refractivity contribution >= 4 is 5.91 Å². The summed E-state index contributed by atoms with van der Waals surface area (Å²) in [5, 5.41) is 3.40. The minimum Gasteiger partial charge on any atom is -0.335 e. The number of nitrogens with one attached hydrogen (secondary N) is 1. The summed E-state index contributed by atoms with van der Waals surface area (Å²) in [6.45, 7) is 6.99. The number of rotatable bonds is 4. The van der Waals surface area contributed by atoms with E-state index < -0.39 is 0 Å². The molecule has 21 heavy (non-hydrogen) atoms. The molecule has 0 spiro atoms. The van der Waals surface area contributed by atoms with Gasteiger partial charge in [-0.3, -0.25) is 9.78 Å². The molecule has 0 bridgehead atoms. The maximum atomic E-state index is 12.9. The standard InChI is InChI=1S/C17H25N3O/c1-12-3-6-16(13(2)19-12)17(21)20(15-4-5-15)11-14-7-9-18-10-8-14/h3,6,14-15,18H,4-5,7-11H2,1-2H3. The van der Waals surface area contributed by atoms with Gasteiger partial charge in [-0.2, -0.15) is 0 Å². The van der Waals surface area contributed by atoms with Gasteiger partial charge in [0.1, 0.15) is 0 Å². The molecule has 1 saturated carbocycles. The number of aromatic nitrogens is 1. The molecule has 2 fully saturated rings. The van der Waals surface area contributed by atoms with Gasteiger partial charge in [0.05, 0.1) is 11.3 Å². The van der Waals surface area contributed by atoms with Gasteiger partial charge in [0.2, 0.25) is 0 Å². The van der Waals surface area contributed by atoms with E-state index >= 15 is 0 Å².